The van der Waals surface area contributed by atoms with Crippen LogP contribution in [-0.2, 0) is 4.79 Å². The van der Waals surface area contributed by atoms with Crippen molar-refractivity contribution < 1.29 is 9.59 Å². The van der Waals surface area contributed by atoms with Crippen LogP contribution in [0.1, 0.15) is 27.3 Å². The first-order valence-electron chi connectivity index (χ1n) is 10.8. The van der Waals surface area contributed by atoms with E-state index in [1.165, 1.54) is 11.8 Å². The third kappa shape index (κ3) is 5.23. The Bertz CT molecular complexity index is 1170. The Morgan fingerprint density at radius 1 is 0.939 bits per heavy atom. The number of carbonyl (C=O) groups excluding carboxylic acids is 2. The largest absolute Gasteiger partial charge is 0.338 e. The molecule has 4 rings (SSSR count). The maximum atomic E-state index is 12.9. The first-order chi connectivity index (χ1) is 15.8. The molecule has 1 fully saturated rings. The van der Waals surface area contributed by atoms with Crippen molar-refractivity contribution in [1.29, 1.82) is 0 Å². The maximum absolute atomic E-state index is 12.9. The molecule has 7 nitrogen and oxygen atoms in total. The molecule has 172 valence electrons. The SMILES string of the molecule is Cc1ccc(C)c(-n2c(C)nnc2SCC(=O)N2CCN(C(=O)c3ccc(Cl)cc3)CC2)c1. The van der Waals surface area contributed by atoms with E-state index < -0.39 is 0 Å². The summed E-state index contributed by atoms with van der Waals surface area (Å²) in [6, 6.07) is 13.1. The number of nitrogens with zero attached hydrogens (tertiary/aromatic N) is 5. The summed E-state index contributed by atoms with van der Waals surface area (Å²) in [4.78, 5) is 29.1. The van der Waals surface area contributed by atoms with E-state index in [0.717, 1.165) is 22.6 Å². The summed E-state index contributed by atoms with van der Waals surface area (Å²) in [5.74, 6) is 1.05. The fourth-order valence-electron chi connectivity index (χ4n) is 3.83. The molecule has 0 N–H and O–H groups in total. The quantitative estimate of drug-likeness (QED) is 0.514. The topological polar surface area (TPSA) is 71.3 Å². The molecule has 0 atom stereocenters. The third-order valence-electron chi connectivity index (χ3n) is 5.74. The van der Waals surface area contributed by atoms with Crippen LogP contribution >= 0.6 is 23.4 Å². The Hall–Kier alpha value is -2.84. The summed E-state index contributed by atoms with van der Waals surface area (Å²) < 4.78 is 2.00. The van der Waals surface area contributed by atoms with E-state index in [1.807, 2.05) is 16.4 Å². The van der Waals surface area contributed by atoms with Gasteiger partial charge in [-0.1, -0.05) is 35.5 Å². The molecule has 3 aromatic rings. The zero-order valence-electron chi connectivity index (χ0n) is 18.9. The van der Waals surface area contributed by atoms with E-state index in [-0.39, 0.29) is 17.6 Å². The highest BCUT2D eigenvalue weighted by Gasteiger charge is 2.25. The Balaban J connectivity index is 1.36. The molecule has 1 aromatic heterocycles. The molecule has 0 bridgehead atoms. The monoisotopic (exact) mass is 483 g/mol. The number of aryl methyl sites for hydroxylation is 3. The molecule has 0 saturated carbocycles. The van der Waals surface area contributed by atoms with Gasteiger partial charge in [0, 0.05) is 36.8 Å². The molecule has 33 heavy (non-hydrogen) atoms. The molecule has 0 radical (unpaired) electrons. The van der Waals surface area contributed by atoms with Crippen LogP contribution in [0.3, 0.4) is 0 Å². The van der Waals surface area contributed by atoms with Gasteiger partial charge in [-0.05, 0) is 62.2 Å². The van der Waals surface area contributed by atoms with Crippen LogP contribution in [0.2, 0.25) is 5.02 Å². The average molecular weight is 484 g/mol. The number of hydrogen-bond donors (Lipinski definition) is 0. The van der Waals surface area contributed by atoms with Crippen molar-refractivity contribution in [3.05, 3.63) is 70.0 Å². The molecule has 2 aromatic carbocycles. The van der Waals surface area contributed by atoms with E-state index in [4.69, 9.17) is 11.6 Å². The van der Waals surface area contributed by atoms with Crippen molar-refractivity contribution in [2.45, 2.75) is 25.9 Å². The number of aromatic nitrogens is 3. The Morgan fingerprint density at radius 2 is 1.61 bits per heavy atom. The van der Waals surface area contributed by atoms with Crippen LogP contribution in [0, 0.1) is 20.8 Å². The third-order valence-corrected chi connectivity index (χ3v) is 6.90. The fraction of sp³-hybridized carbons (Fsp3) is 0.333. The van der Waals surface area contributed by atoms with Crippen molar-refractivity contribution in [3.8, 4) is 5.69 Å². The Labute approximate surface area is 202 Å². The minimum absolute atomic E-state index is 0.0340. The first kappa shape index (κ1) is 23.3. The van der Waals surface area contributed by atoms with Crippen molar-refractivity contribution >= 4 is 35.2 Å². The highest BCUT2D eigenvalue weighted by Crippen LogP contribution is 2.25. The second-order valence-corrected chi connectivity index (χ2v) is 9.50. The molecule has 0 aliphatic carbocycles. The van der Waals surface area contributed by atoms with E-state index in [1.54, 1.807) is 29.2 Å². The van der Waals surface area contributed by atoms with Gasteiger partial charge >= 0.3 is 0 Å². The number of carbonyl (C=O) groups is 2. The number of rotatable bonds is 5. The number of hydrogen-bond acceptors (Lipinski definition) is 5. The maximum Gasteiger partial charge on any atom is 0.253 e. The lowest BCUT2D eigenvalue weighted by Crippen LogP contribution is -2.51. The summed E-state index contributed by atoms with van der Waals surface area (Å²) in [5, 5.41) is 9.83. The molecular weight excluding hydrogens is 458 g/mol. The summed E-state index contributed by atoms with van der Waals surface area (Å²) in [5.41, 5.74) is 3.91. The van der Waals surface area contributed by atoms with Gasteiger partial charge in [-0.15, -0.1) is 10.2 Å². The van der Waals surface area contributed by atoms with Crippen LogP contribution in [0.4, 0.5) is 0 Å². The van der Waals surface area contributed by atoms with E-state index in [9.17, 15) is 9.59 Å². The second-order valence-electron chi connectivity index (χ2n) is 8.12. The second kappa shape index (κ2) is 9.97. The van der Waals surface area contributed by atoms with Gasteiger partial charge in [0.1, 0.15) is 5.82 Å². The smallest absolute Gasteiger partial charge is 0.253 e. The summed E-state index contributed by atoms with van der Waals surface area (Å²) in [6.45, 7) is 8.07. The molecule has 0 spiro atoms. The zero-order chi connectivity index (χ0) is 23.5. The van der Waals surface area contributed by atoms with Gasteiger partial charge in [-0.2, -0.15) is 0 Å². The first-order valence-corrected chi connectivity index (χ1v) is 12.1. The van der Waals surface area contributed by atoms with Crippen LogP contribution in [-0.4, -0.2) is 68.3 Å². The molecule has 9 heteroatoms. The number of benzene rings is 2. The standard InChI is InChI=1S/C24H26ClN5O2S/c1-16-4-5-17(2)21(14-16)30-18(3)26-27-24(30)33-15-22(31)28-10-12-29(13-11-28)23(32)19-6-8-20(25)9-7-19/h4-9,14H,10-13,15H2,1-3H3. The summed E-state index contributed by atoms with van der Waals surface area (Å²) in [6.07, 6.45) is 0. The molecule has 2 heterocycles. The lowest BCUT2D eigenvalue weighted by Gasteiger charge is -2.34. The van der Waals surface area contributed by atoms with E-state index in [0.29, 0.717) is 41.9 Å². The lowest BCUT2D eigenvalue weighted by molar-refractivity contribution is -0.129. The molecule has 2 amide bonds. The minimum Gasteiger partial charge on any atom is -0.338 e. The van der Waals surface area contributed by atoms with Crippen LogP contribution < -0.4 is 0 Å². The van der Waals surface area contributed by atoms with Gasteiger partial charge in [0.25, 0.3) is 5.91 Å². The van der Waals surface area contributed by atoms with Gasteiger partial charge in [-0.3, -0.25) is 14.2 Å². The van der Waals surface area contributed by atoms with Gasteiger partial charge < -0.3 is 9.80 Å². The molecule has 0 unspecified atom stereocenters. The van der Waals surface area contributed by atoms with Gasteiger partial charge in [0.05, 0.1) is 11.4 Å². The number of halogens is 1. The number of amides is 2. The van der Waals surface area contributed by atoms with Crippen LogP contribution in [0.5, 0.6) is 0 Å². The Kier molecular flexibility index (Phi) is 7.05. The van der Waals surface area contributed by atoms with Crippen LogP contribution in [0.25, 0.3) is 5.69 Å². The predicted molar refractivity (Wildman–Crippen MR) is 130 cm³/mol. The molecule has 1 saturated heterocycles. The molecule has 1 aliphatic heterocycles. The van der Waals surface area contributed by atoms with E-state index in [2.05, 4.69) is 42.2 Å². The average Bonchev–Trinajstić information content (AvgIpc) is 3.19. The van der Waals surface area contributed by atoms with Crippen LogP contribution in [0.15, 0.2) is 47.6 Å². The number of piperazine rings is 1. The van der Waals surface area contributed by atoms with Crippen molar-refractivity contribution in [1.82, 2.24) is 24.6 Å². The minimum atomic E-state index is -0.0368. The highest BCUT2D eigenvalue weighted by molar-refractivity contribution is 7.99. The molecule has 1 aliphatic rings. The lowest BCUT2D eigenvalue weighted by atomic mass is 10.1. The van der Waals surface area contributed by atoms with Crippen molar-refractivity contribution in [3.63, 3.8) is 0 Å². The Morgan fingerprint density at radius 3 is 2.30 bits per heavy atom. The predicted octanol–water partition coefficient (Wildman–Crippen LogP) is 3.92. The fourth-order valence-corrected chi connectivity index (χ4v) is 4.84. The summed E-state index contributed by atoms with van der Waals surface area (Å²) >= 11 is 7.30. The van der Waals surface area contributed by atoms with Crippen molar-refractivity contribution in [2.75, 3.05) is 31.9 Å². The summed E-state index contributed by atoms with van der Waals surface area (Å²) in [7, 11) is 0. The van der Waals surface area contributed by atoms with E-state index >= 15 is 0 Å². The molecular formula is C24H26ClN5O2S. The van der Waals surface area contributed by atoms with Gasteiger partial charge in [0.2, 0.25) is 5.91 Å². The van der Waals surface area contributed by atoms with Gasteiger partial charge in [0.15, 0.2) is 5.16 Å². The number of thioether (sulfide) groups is 1. The van der Waals surface area contributed by atoms with Gasteiger partial charge in [-0.25, -0.2) is 0 Å². The zero-order valence-corrected chi connectivity index (χ0v) is 20.5. The normalized spacial score (nSPS) is 13.9. The van der Waals surface area contributed by atoms with Crippen molar-refractivity contribution in [2.24, 2.45) is 0 Å². The highest BCUT2D eigenvalue weighted by atomic mass is 35.5.